The van der Waals surface area contributed by atoms with Crippen LogP contribution in [0.25, 0.3) is 0 Å². The van der Waals surface area contributed by atoms with E-state index in [2.05, 4.69) is 60.7 Å². The van der Waals surface area contributed by atoms with Gasteiger partial charge in [0, 0.05) is 0 Å². The molecule has 2 aromatic carbocycles. The van der Waals surface area contributed by atoms with Gasteiger partial charge in [0.1, 0.15) is 0 Å². The first kappa shape index (κ1) is 12.9. The average molecular weight is 267 g/mol. The third kappa shape index (κ3) is 3.25. The first-order valence-corrected chi connectivity index (χ1v) is 8.67. The van der Waals surface area contributed by atoms with Crippen LogP contribution in [0.5, 0.6) is 0 Å². The van der Waals surface area contributed by atoms with E-state index < -0.39 is 0 Å². The quantitative estimate of drug-likeness (QED) is 0.726. The van der Waals surface area contributed by atoms with Crippen LogP contribution in [0.3, 0.4) is 0 Å². The van der Waals surface area contributed by atoms with Crippen LogP contribution < -0.4 is 10.6 Å². The van der Waals surface area contributed by atoms with Crippen LogP contribution in [0, 0.1) is 5.92 Å². The topological polar surface area (TPSA) is 0 Å². The fraction of sp³-hybridized carbons (Fsp3) is 0.278. The van der Waals surface area contributed by atoms with E-state index in [-0.39, 0.29) is 7.92 Å². The Morgan fingerprint density at radius 3 is 1.63 bits per heavy atom. The smallest absolute Gasteiger partial charge is 0.0183 e. The van der Waals surface area contributed by atoms with Gasteiger partial charge in [0.2, 0.25) is 0 Å². The van der Waals surface area contributed by atoms with Crippen LogP contribution in [0.2, 0.25) is 0 Å². The van der Waals surface area contributed by atoms with Crippen LogP contribution in [0.4, 0.5) is 0 Å². The molecular weight excluding hydrogens is 247 g/mol. The Labute approximate surface area is 117 Å². The first-order chi connectivity index (χ1) is 9.43. The third-order valence-corrected chi connectivity index (χ3v) is 6.43. The van der Waals surface area contributed by atoms with Crippen molar-refractivity contribution in [2.45, 2.75) is 25.7 Å². The highest BCUT2D eigenvalue weighted by Crippen LogP contribution is 2.41. The Morgan fingerprint density at radius 2 is 1.16 bits per heavy atom. The third-order valence-electron chi connectivity index (χ3n) is 3.83. The maximum absolute atomic E-state index is 2.30. The summed E-state index contributed by atoms with van der Waals surface area (Å²) in [5.74, 6) is 1.79. The fourth-order valence-electron chi connectivity index (χ4n) is 2.80. The van der Waals surface area contributed by atoms with Crippen molar-refractivity contribution >= 4 is 18.5 Å². The SMILES string of the molecule is c1ccc(P(C[C]2CCCC2)c2ccccc2)cc1. The van der Waals surface area contributed by atoms with Gasteiger partial charge in [-0.25, -0.2) is 0 Å². The van der Waals surface area contributed by atoms with Crippen molar-refractivity contribution in [2.24, 2.45) is 0 Å². The number of hydrogen-bond acceptors (Lipinski definition) is 0. The molecule has 0 heterocycles. The Hall–Kier alpha value is -1.13. The normalized spacial score (nSPS) is 16.1. The standard InChI is InChI=1S/C18H20P/c1-3-11-17(12-4-1)19(15-16-9-7-8-10-16)18-13-5-2-6-14-18/h1-6,11-14H,7-10,15H2. The molecule has 0 aromatic heterocycles. The molecule has 0 atom stereocenters. The molecule has 3 rings (SSSR count). The second-order valence-electron chi connectivity index (χ2n) is 5.21. The van der Waals surface area contributed by atoms with Crippen LogP contribution in [-0.4, -0.2) is 6.16 Å². The summed E-state index contributed by atoms with van der Waals surface area (Å²) in [5.41, 5.74) is 0. The highest BCUT2D eigenvalue weighted by atomic mass is 31.1. The van der Waals surface area contributed by atoms with E-state index in [0.29, 0.717) is 0 Å². The molecule has 0 bridgehead atoms. The maximum Gasteiger partial charge on any atom is -0.0183 e. The zero-order valence-corrected chi connectivity index (χ0v) is 12.2. The summed E-state index contributed by atoms with van der Waals surface area (Å²) >= 11 is 0. The molecule has 19 heavy (non-hydrogen) atoms. The van der Waals surface area contributed by atoms with Crippen molar-refractivity contribution < 1.29 is 0 Å². The van der Waals surface area contributed by atoms with E-state index in [9.17, 15) is 0 Å². The second kappa shape index (κ2) is 6.35. The molecule has 1 fully saturated rings. The maximum atomic E-state index is 2.30. The predicted molar refractivity (Wildman–Crippen MR) is 85.7 cm³/mol. The van der Waals surface area contributed by atoms with E-state index in [1.54, 1.807) is 5.92 Å². The Bertz CT molecular complexity index is 446. The zero-order valence-electron chi connectivity index (χ0n) is 11.3. The molecule has 0 saturated heterocycles. The molecule has 0 nitrogen and oxygen atoms in total. The predicted octanol–water partition coefficient (Wildman–Crippen LogP) is 4.27. The second-order valence-corrected chi connectivity index (χ2v) is 7.42. The van der Waals surface area contributed by atoms with Crippen LogP contribution >= 0.6 is 7.92 Å². The monoisotopic (exact) mass is 267 g/mol. The molecular formula is C18H20P. The molecule has 0 N–H and O–H groups in total. The highest BCUT2D eigenvalue weighted by molar-refractivity contribution is 7.73. The Kier molecular flexibility index (Phi) is 4.30. The van der Waals surface area contributed by atoms with Gasteiger partial charge in [0.05, 0.1) is 0 Å². The molecule has 1 aliphatic rings. The molecule has 0 aliphatic heterocycles. The molecule has 0 spiro atoms. The van der Waals surface area contributed by atoms with Crippen molar-refractivity contribution in [1.29, 1.82) is 0 Å². The van der Waals surface area contributed by atoms with Crippen molar-refractivity contribution in [3.63, 3.8) is 0 Å². The minimum Gasteiger partial charge on any atom is -0.0622 e. The summed E-state index contributed by atoms with van der Waals surface area (Å²) in [7, 11) is -0.199. The highest BCUT2D eigenvalue weighted by Gasteiger charge is 2.22. The zero-order chi connectivity index (χ0) is 12.9. The summed E-state index contributed by atoms with van der Waals surface area (Å²) in [6.07, 6.45) is 6.82. The van der Waals surface area contributed by atoms with Gasteiger partial charge < -0.3 is 0 Å². The lowest BCUT2D eigenvalue weighted by atomic mass is 10.1. The van der Waals surface area contributed by atoms with Gasteiger partial charge in [-0.2, -0.15) is 0 Å². The molecule has 1 saturated carbocycles. The lowest BCUT2D eigenvalue weighted by Crippen LogP contribution is -2.16. The van der Waals surface area contributed by atoms with Crippen molar-refractivity contribution in [3.05, 3.63) is 66.6 Å². The van der Waals surface area contributed by atoms with E-state index in [1.165, 1.54) is 42.5 Å². The van der Waals surface area contributed by atoms with E-state index in [1.807, 2.05) is 0 Å². The average Bonchev–Trinajstić information content (AvgIpc) is 3.00. The van der Waals surface area contributed by atoms with Gasteiger partial charge in [-0.3, -0.25) is 0 Å². The van der Waals surface area contributed by atoms with Crippen molar-refractivity contribution in [2.75, 3.05) is 6.16 Å². The lowest BCUT2D eigenvalue weighted by Gasteiger charge is -2.21. The molecule has 1 heteroatoms. The van der Waals surface area contributed by atoms with Gasteiger partial charge in [-0.1, -0.05) is 73.5 Å². The Balaban J connectivity index is 1.87. The minimum absolute atomic E-state index is 0.199. The summed E-state index contributed by atoms with van der Waals surface area (Å²) in [5, 5.41) is 3.03. The molecule has 1 aliphatic carbocycles. The summed E-state index contributed by atoms with van der Waals surface area (Å²) < 4.78 is 0. The van der Waals surface area contributed by atoms with Gasteiger partial charge >= 0.3 is 0 Å². The number of rotatable bonds is 4. The van der Waals surface area contributed by atoms with Crippen molar-refractivity contribution in [3.8, 4) is 0 Å². The van der Waals surface area contributed by atoms with E-state index >= 15 is 0 Å². The van der Waals surface area contributed by atoms with Crippen LogP contribution in [0.15, 0.2) is 60.7 Å². The van der Waals surface area contributed by atoms with Crippen molar-refractivity contribution in [1.82, 2.24) is 0 Å². The van der Waals surface area contributed by atoms with Crippen LogP contribution in [0.1, 0.15) is 25.7 Å². The number of benzene rings is 2. The summed E-state index contributed by atoms with van der Waals surface area (Å²) in [4.78, 5) is 0. The summed E-state index contributed by atoms with van der Waals surface area (Å²) in [6, 6.07) is 22.1. The van der Waals surface area contributed by atoms with E-state index in [4.69, 9.17) is 0 Å². The largest absolute Gasteiger partial charge is 0.0622 e. The van der Waals surface area contributed by atoms with Crippen LogP contribution in [-0.2, 0) is 0 Å². The van der Waals surface area contributed by atoms with Gasteiger partial charge in [-0.05, 0) is 43.5 Å². The van der Waals surface area contributed by atoms with Gasteiger partial charge in [0.25, 0.3) is 0 Å². The summed E-state index contributed by atoms with van der Waals surface area (Å²) in [6.45, 7) is 0. The number of hydrogen-bond donors (Lipinski definition) is 0. The fourth-order valence-corrected chi connectivity index (χ4v) is 5.30. The first-order valence-electron chi connectivity index (χ1n) is 7.15. The molecule has 1 radical (unpaired) electrons. The molecule has 0 unspecified atom stereocenters. The lowest BCUT2D eigenvalue weighted by molar-refractivity contribution is 0.886. The van der Waals surface area contributed by atoms with Gasteiger partial charge in [0.15, 0.2) is 0 Å². The Morgan fingerprint density at radius 1 is 0.684 bits per heavy atom. The molecule has 2 aromatic rings. The van der Waals surface area contributed by atoms with E-state index in [0.717, 1.165) is 0 Å². The molecule has 0 amide bonds. The molecule has 97 valence electrons. The minimum atomic E-state index is -0.199. The van der Waals surface area contributed by atoms with Gasteiger partial charge in [-0.15, -0.1) is 0 Å².